The van der Waals surface area contributed by atoms with E-state index in [1.807, 2.05) is 37.3 Å². The van der Waals surface area contributed by atoms with E-state index in [0.717, 1.165) is 40.7 Å². The number of rotatable bonds is 11. The van der Waals surface area contributed by atoms with Crippen LogP contribution in [0.15, 0.2) is 35.3 Å². The van der Waals surface area contributed by atoms with Gasteiger partial charge >= 0.3 is 0 Å². The molecule has 0 saturated carbocycles. The van der Waals surface area contributed by atoms with Crippen molar-refractivity contribution in [2.75, 3.05) is 48.6 Å². The van der Waals surface area contributed by atoms with E-state index in [0.29, 0.717) is 31.2 Å². The van der Waals surface area contributed by atoms with Gasteiger partial charge in [0.05, 0.1) is 42.1 Å². The normalized spacial score (nSPS) is 10.6. The van der Waals surface area contributed by atoms with Crippen LogP contribution in [0.2, 0.25) is 0 Å². The Morgan fingerprint density at radius 1 is 0.781 bits per heavy atom. The van der Waals surface area contributed by atoms with Crippen LogP contribution in [0.5, 0.6) is 28.7 Å². The molecule has 8 nitrogen and oxygen atoms in total. The lowest BCUT2D eigenvalue weighted by molar-refractivity contribution is 0.368. The minimum Gasteiger partial charge on any atom is -0.497 e. The molecule has 0 amide bonds. The Bertz CT molecular complexity index is 852. The summed E-state index contributed by atoms with van der Waals surface area (Å²) in [5.74, 6) is 4.34. The van der Waals surface area contributed by atoms with Crippen molar-refractivity contribution in [1.82, 2.24) is 10.6 Å². The Balaban J connectivity index is 0.00000512. The summed E-state index contributed by atoms with van der Waals surface area (Å²) in [5, 5.41) is 6.63. The van der Waals surface area contributed by atoms with E-state index in [2.05, 4.69) is 15.6 Å². The van der Waals surface area contributed by atoms with Crippen LogP contribution < -0.4 is 34.3 Å². The zero-order valence-electron chi connectivity index (χ0n) is 19.6. The van der Waals surface area contributed by atoms with Crippen LogP contribution in [-0.2, 0) is 13.0 Å². The zero-order chi connectivity index (χ0) is 22.6. The fourth-order valence-electron chi connectivity index (χ4n) is 3.12. The van der Waals surface area contributed by atoms with Gasteiger partial charge in [-0.1, -0.05) is 0 Å². The summed E-state index contributed by atoms with van der Waals surface area (Å²) in [7, 11) is 8.16. The Morgan fingerprint density at radius 2 is 1.38 bits per heavy atom. The standard InChI is InChI=1S/C23H33N3O5.HI/c1-7-24-23(26-15-16-8-9-17(27-2)12-20(16)29-4)25-11-10-19-21(30-5)13-18(28-3)14-22(19)31-6;/h8-9,12-14H,7,10-11,15H2,1-6H3,(H2,24,25,26);1H. The molecule has 0 atom stereocenters. The number of ether oxygens (including phenoxy) is 5. The van der Waals surface area contributed by atoms with Gasteiger partial charge in [0, 0.05) is 42.4 Å². The summed E-state index contributed by atoms with van der Waals surface area (Å²) in [4.78, 5) is 4.68. The molecule has 0 saturated heterocycles. The second-order valence-corrected chi connectivity index (χ2v) is 6.56. The molecule has 32 heavy (non-hydrogen) atoms. The first-order valence-electron chi connectivity index (χ1n) is 10.1. The molecular weight excluding hydrogens is 525 g/mol. The summed E-state index contributed by atoms with van der Waals surface area (Å²) >= 11 is 0. The van der Waals surface area contributed by atoms with Crippen molar-refractivity contribution in [3.63, 3.8) is 0 Å². The molecule has 0 aromatic heterocycles. The van der Waals surface area contributed by atoms with Gasteiger partial charge in [0.25, 0.3) is 0 Å². The first-order valence-corrected chi connectivity index (χ1v) is 10.1. The Labute approximate surface area is 207 Å². The Kier molecular flexibility index (Phi) is 12.4. The third-order valence-electron chi connectivity index (χ3n) is 4.73. The highest BCUT2D eigenvalue weighted by Gasteiger charge is 2.13. The van der Waals surface area contributed by atoms with Gasteiger partial charge in [0.15, 0.2) is 5.96 Å². The second-order valence-electron chi connectivity index (χ2n) is 6.56. The molecule has 2 aromatic carbocycles. The summed E-state index contributed by atoms with van der Waals surface area (Å²) in [6, 6.07) is 9.42. The van der Waals surface area contributed by atoms with Crippen LogP contribution in [-0.4, -0.2) is 54.6 Å². The first kappa shape index (κ1) is 27.5. The molecule has 178 valence electrons. The molecule has 0 aliphatic heterocycles. The largest absolute Gasteiger partial charge is 0.497 e. The predicted octanol–water partition coefficient (Wildman–Crippen LogP) is 3.65. The summed E-state index contributed by atoms with van der Waals surface area (Å²) in [6.07, 6.45) is 0.687. The molecule has 0 heterocycles. The lowest BCUT2D eigenvalue weighted by atomic mass is 10.1. The average molecular weight is 559 g/mol. The van der Waals surface area contributed by atoms with Gasteiger partial charge in [0.1, 0.15) is 28.7 Å². The van der Waals surface area contributed by atoms with E-state index >= 15 is 0 Å². The van der Waals surface area contributed by atoms with Crippen molar-refractivity contribution < 1.29 is 23.7 Å². The number of guanidine groups is 1. The van der Waals surface area contributed by atoms with E-state index in [-0.39, 0.29) is 24.0 Å². The van der Waals surface area contributed by atoms with Gasteiger partial charge in [-0.3, -0.25) is 0 Å². The van der Waals surface area contributed by atoms with Gasteiger partial charge < -0.3 is 34.3 Å². The van der Waals surface area contributed by atoms with Crippen LogP contribution in [0.1, 0.15) is 18.1 Å². The summed E-state index contributed by atoms with van der Waals surface area (Å²) in [6.45, 7) is 3.89. The fourth-order valence-corrected chi connectivity index (χ4v) is 3.12. The summed E-state index contributed by atoms with van der Waals surface area (Å²) < 4.78 is 27.1. The molecule has 0 aliphatic rings. The fraction of sp³-hybridized carbons (Fsp3) is 0.435. The molecule has 0 radical (unpaired) electrons. The van der Waals surface area contributed by atoms with Gasteiger partial charge in [-0.05, 0) is 25.5 Å². The molecule has 0 spiro atoms. The SMILES string of the molecule is CCNC(=NCc1ccc(OC)cc1OC)NCCc1c(OC)cc(OC)cc1OC.I. The monoisotopic (exact) mass is 559 g/mol. The number of aliphatic imine (C=N–C) groups is 1. The molecule has 0 bridgehead atoms. The highest BCUT2D eigenvalue weighted by Crippen LogP contribution is 2.34. The van der Waals surface area contributed by atoms with E-state index < -0.39 is 0 Å². The quantitative estimate of drug-likeness (QED) is 0.247. The van der Waals surface area contributed by atoms with E-state index in [9.17, 15) is 0 Å². The number of halogens is 1. The van der Waals surface area contributed by atoms with Crippen molar-refractivity contribution in [3.05, 3.63) is 41.5 Å². The molecule has 0 fully saturated rings. The van der Waals surface area contributed by atoms with E-state index in [1.54, 1.807) is 35.5 Å². The first-order chi connectivity index (χ1) is 15.1. The molecular formula is C23H34IN3O5. The lowest BCUT2D eigenvalue weighted by Crippen LogP contribution is -2.38. The second kappa shape index (κ2) is 14.5. The van der Waals surface area contributed by atoms with Crippen molar-refractivity contribution in [2.45, 2.75) is 19.9 Å². The maximum absolute atomic E-state index is 5.53. The number of nitrogens with one attached hydrogen (secondary N) is 2. The molecule has 9 heteroatoms. The van der Waals surface area contributed by atoms with Gasteiger partial charge in [-0.15, -0.1) is 24.0 Å². The van der Waals surface area contributed by atoms with Crippen molar-refractivity contribution in [3.8, 4) is 28.7 Å². The number of hydrogen-bond acceptors (Lipinski definition) is 6. The summed E-state index contributed by atoms with van der Waals surface area (Å²) in [5.41, 5.74) is 1.94. The smallest absolute Gasteiger partial charge is 0.191 e. The number of hydrogen-bond donors (Lipinski definition) is 2. The minimum atomic E-state index is 0. The predicted molar refractivity (Wildman–Crippen MR) is 138 cm³/mol. The van der Waals surface area contributed by atoms with Crippen LogP contribution in [0.3, 0.4) is 0 Å². The lowest BCUT2D eigenvalue weighted by Gasteiger charge is -2.16. The maximum atomic E-state index is 5.53. The third kappa shape index (κ3) is 7.54. The average Bonchev–Trinajstić information content (AvgIpc) is 2.81. The van der Waals surface area contributed by atoms with Crippen molar-refractivity contribution >= 4 is 29.9 Å². The van der Waals surface area contributed by atoms with Crippen LogP contribution in [0.25, 0.3) is 0 Å². The van der Waals surface area contributed by atoms with Gasteiger partial charge in [0.2, 0.25) is 0 Å². The molecule has 2 N–H and O–H groups in total. The molecule has 2 aromatic rings. The van der Waals surface area contributed by atoms with Gasteiger partial charge in [-0.25, -0.2) is 4.99 Å². The van der Waals surface area contributed by atoms with Crippen LogP contribution in [0.4, 0.5) is 0 Å². The topological polar surface area (TPSA) is 82.6 Å². The molecule has 0 unspecified atom stereocenters. The van der Waals surface area contributed by atoms with Crippen LogP contribution in [0, 0.1) is 0 Å². The number of methoxy groups -OCH3 is 5. The number of benzene rings is 2. The molecule has 0 aliphatic carbocycles. The number of nitrogens with zero attached hydrogens (tertiary/aromatic N) is 1. The van der Waals surface area contributed by atoms with Crippen molar-refractivity contribution in [2.24, 2.45) is 4.99 Å². The van der Waals surface area contributed by atoms with E-state index in [1.165, 1.54) is 0 Å². The maximum Gasteiger partial charge on any atom is 0.191 e. The Hall–Kier alpha value is -2.56. The molecule has 2 rings (SSSR count). The van der Waals surface area contributed by atoms with E-state index in [4.69, 9.17) is 23.7 Å². The van der Waals surface area contributed by atoms with Crippen molar-refractivity contribution in [1.29, 1.82) is 0 Å². The van der Waals surface area contributed by atoms with Crippen LogP contribution >= 0.6 is 24.0 Å². The zero-order valence-corrected chi connectivity index (χ0v) is 21.9. The third-order valence-corrected chi connectivity index (χ3v) is 4.73. The minimum absolute atomic E-state index is 0. The van der Waals surface area contributed by atoms with Gasteiger partial charge in [-0.2, -0.15) is 0 Å². The highest BCUT2D eigenvalue weighted by molar-refractivity contribution is 14.0. The highest BCUT2D eigenvalue weighted by atomic mass is 127. The Morgan fingerprint density at radius 3 is 1.91 bits per heavy atom.